The highest BCUT2D eigenvalue weighted by Crippen LogP contribution is 2.36. The summed E-state index contributed by atoms with van der Waals surface area (Å²) in [5.74, 6) is -0.503. The van der Waals surface area contributed by atoms with Gasteiger partial charge in [0, 0.05) is 5.57 Å². The van der Waals surface area contributed by atoms with Crippen LogP contribution in [0.1, 0.15) is 41.0 Å². The van der Waals surface area contributed by atoms with Gasteiger partial charge in [-0.1, -0.05) is 13.5 Å². The van der Waals surface area contributed by atoms with E-state index in [0.29, 0.717) is 12.0 Å². The molecule has 3 atom stereocenters. The van der Waals surface area contributed by atoms with Crippen LogP contribution in [-0.4, -0.2) is 34.5 Å². The molecule has 0 radical (unpaired) electrons. The van der Waals surface area contributed by atoms with Gasteiger partial charge in [0.15, 0.2) is 0 Å². The van der Waals surface area contributed by atoms with Crippen molar-refractivity contribution in [3.8, 4) is 0 Å². The number of rotatable bonds is 6. The Morgan fingerprint density at radius 3 is 1.94 bits per heavy atom. The van der Waals surface area contributed by atoms with Crippen LogP contribution >= 0.6 is 0 Å². The van der Waals surface area contributed by atoms with E-state index in [1.165, 1.54) is 0 Å². The molecule has 0 aliphatic rings. The molecule has 0 rings (SSSR count). The number of aliphatic hydroxyl groups excluding tert-OH is 2. The molecule has 4 heteroatoms. The van der Waals surface area contributed by atoms with Gasteiger partial charge in [-0.05, 0) is 34.1 Å². The second kappa shape index (κ2) is 6.17. The summed E-state index contributed by atoms with van der Waals surface area (Å²) in [7, 11) is 0. The highest BCUT2D eigenvalue weighted by molar-refractivity contribution is 5.87. The van der Waals surface area contributed by atoms with Crippen molar-refractivity contribution in [1.29, 1.82) is 0 Å². The van der Waals surface area contributed by atoms with Gasteiger partial charge >= 0.3 is 5.97 Å². The summed E-state index contributed by atoms with van der Waals surface area (Å²) in [4.78, 5) is 11.5. The number of hydrogen-bond donors (Lipinski definition) is 2. The fourth-order valence-corrected chi connectivity index (χ4v) is 2.28. The molecular weight excluding hydrogens is 220 g/mol. The third-order valence-electron chi connectivity index (χ3n) is 3.56. The van der Waals surface area contributed by atoms with E-state index in [-0.39, 0.29) is 0 Å². The molecule has 0 fully saturated rings. The van der Waals surface area contributed by atoms with Crippen LogP contribution in [0.2, 0.25) is 0 Å². The van der Waals surface area contributed by atoms with Gasteiger partial charge in [-0.3, -0.25) is 0 Å². The van der Waals surface area contributed by atoms with E-state index in [1.54, 1.807) is 27.7 Å². The maximum atomic E-state index is 11.5. The normalized spacial score (nSPS) is 19.9. The first-order valence-corrected chi connectivity index (χ1v) is 5.92. The Morgan fingerprint density at radius 2 is 1.71 bits per heavy atom. The van der Waals surface area contributed by atoms with Crippen LogP contribution < -0.4 is 0 Å². The number of carbonyl (C=O) groups excluding carboxylic acids is 1. The zero-order valence-corrected chi connectivity index (χ0v) is 11.4. The largest absolute Gasteiger partial charge is 0.459 e. The lowest BCUT2D eigenvalue weighted by Gasteiger charge is -2.42. The number of esters is 1. The Bertz CT molecular complexity index is 273. The van der Waals surface area contributed by atoms with E-state index in [2.05, 4.69) is 6.58 Å². The number of hydrogen-bond acceptors (Lipinski definition) is 4. The minimum absolute atomic E-state index is 0.304. The predicted octanol–water partition coefficient (Wildman–Crippen LogP) is 1.65. The second-order valence-corrected chi connectivity index (χ2v) is 4.65. The highest BCUT2D eigenvalue weighted by atomic mass is 16.5. The van der Waals surface area contributed by atoms with Crippen molar-refractivity contribution in [2.75, 3.05) is 0 Å². The van der Waals surface area contributed by atoms with Gasteiger partial charge in [-0.2, -0.15) is 0 Å². The lowest BCUT2D eigenvalue weighted by Crippen LogP contribution is -2.51. The Morgan fingerprint density at radius 1 is 1.29 bits per heavy atom. The standard InChI is InChI=1S/C13H24O4/c1-7-13(9(4)14,10(5)15)11(6)17-12(16)8(2)3/h9-11,14-15H,2,7H2,1,3-6H3. The molecule has 0 bridgehead atoms. The molecule has 4 nitrogen and oxygen atoms in total. The lowest BCUT2D eigenvalue weighted by molar-refractivity contribution is -0.169. The SMILES string of the molecule is C=C(C)C(=O)OC(C)C(CC)(C(C)O)C(C)O. The van der Waals surface area contributed by atoms with Crippen molar-refractivity contribution >= 4 is 5.97 Å². The van der Waals surface area contributed by atoms with Crippen molar-refractivity contribution in [1.82, 2.24) is 0 Å². The zero-order valence-electron chi connectivity index (χ0n) is 11.4. The molecule has 17 heavy (non-hydrogen) atoms. The van der Waals surface area contributed by atoms with E-state index in [4.69, 9.17) is 4.74 Å². The number of aliphatic hydroxyl groups is 2. The summed E-state index contributed by atoms with van der Waals surface area (Å²) >= 11 is 0. The molecule has 0 aromatic heterocycles. The molecule has 0 aliphatic heterocycles. The van der Waals surface area contributed by atoms with Gasteiger partial charge in [-0.25, -0.2) is 4.79 Å². The Hall–Kier alpha value is -0.870. The summed E-state index contributed by atoms with van der Waals surface area (Å²) < 4.78 is 5.23. The van der Waals surface area contributed by atoms with Crippen LogP contribution in [0, 0.1) is 5.41 Å². The summed E-state index contributed by atoms with van der Waals surface area (Å²) in [6, 6.07) is 0. The van der Waals surface area contributed by atoms with Gasteiger partial charge in [0.2, 0.25) is 0 Å². The van der Waals surface area contributed by atoms with Crippen LogP contribution in [0.3, 0.4) is 0 Å². The van der Waals surface area contributed by atoms with E-state index < -0.39 is 29.7 Å². The first-order valence-electron chi connectivity index (χ1n) is 5.92. The minimum Gasteiger partial charge on any atom is -0.459 e. The first-order chi connectivity index (χ1) is 7.70. The third-order valence-corrected chi connectivity index (χ3v) is 3.56. The molecule has 0 aromatic carbocycles. The quantitative estimate of drug-likeness (QED) is 0.551. The fraction of sp³-hybridized carbons (Fsp3) is 0.769. The summed E-state index contributed by atoms with van der Waals surface area (Å²) in [6.45, 7) is 11.8. The van der Waals surface area contributed by atoms with Crippen LogP contribution in [0.5, 0.6) is 0 Å². The van der Waals surface area contributed by atoms with Crippen molar-refractivity contribution in [2.45, 2.75) is 59.4 Å². The molecule has 0 saturated carbocycles. The van der Waals surface area contributed by atoms with E-state index in [0.717, 1.165) is 0 Å². The topological polar surface area (TPSA) is 66.8 Å². The molecule has 100 valence electrons. The molecule has 0 heterocycles. The molecular formula is C13H24O4. The van der Waals surface area contributed by atoms with Crippen molar-refractivity contribution < 1.29 is 19.7 Å². The van der Waals surface area contributed by atoms with Gasteiger partial charge in [0.1, 0.15) is 6.10 Å². The second-order valence-electron chi connectivity index (χ2n) is 4.65. The fourth-order valence-electron chi connectivity index (χ4n) is 2.28. The van der Waals surface area contributed by atoms with Gasteiger partial charge in [0.25, 0.3) is 0 Å². The number of ether oxygens (including phenoxy) is 1. The Kier molecular flexibility index (Phi) is 5.85. The predicted molar refractivity (Wildman–Crippen MR) is 66.5 cm³/mol. The van der Waals surface area contributed by atoms with E-state index in [1.807, 2.05) is 6.92 Å². The van der Waals surface area contributed by atoms with Crippen molar-refractivity contribution in [3.05, 3.63) is 12.2 Å². The van der Waals surface area contributed by atoms with Crippen molar-refractivity contribution in [3.63, 3.8) is 0 Å². The van der Waals surface area contributed by atoms with Crippen LogP contribution in [0.15, 0.2) is 12.2 Å². The average molecular weight is 244 g/mol. The Labute approximate surface area is 103 Å². The van der Waals surface area contributed by atoms with Crippen molar-refractivity contribution in [2.24, 2.45) is 5.41 Å². The smallest absolute Gasteiger partial charge is 0.333 e. The van der Waals surface area contributed by atoms with Crippen LogP contribution in [0.25, 0.3) is 0 Å². The van der Waals surface area contributed by atoms with E-state index in [9.17, 15) is 15.0 Å². The number of carbonyl (C=O) groups is 1. The van der Waals surface area contributed by atoms with Crippen LogP contribution in [-0.2, 0) is 9.53 Å². The monoisotopic (exact) mass is 244 g/mol. The van der Waals surface area contributed by atoms with Gasteiger partial charge < -0.3 is 14.9 Å². The summed E-state index contributed by atoms with van der Waals surface area (Å²) in [5.41, 5.74) is -0.552. The third kappa shape index (κ3) is 3.30. The maximum Gasteiger partial charge on any atom is 0.333 e. The summed E-state index contributed by atoms with van der Waals surface area (Å²) in [5, 5.41) is 19.8. The first kappa shape index (κ1) is 16.1. The molecule has 2 N–H and O–H groups in total. The van der Waals surface area contributed by atoms with Gasteiger partial charge in [0.05, 0.1) is 17.6 Å². The molecule has 0 aromatic rings. The van der Waals surface area contributed by atoms with E-state index >= 15 is 0 Å². The molecule has 0 spiro atoms. The molecule has 0 aliphatic carbocycles. The molecule has 0 saturated heterocycles. The maximum absolute atomic E-state index is 11.5. The molecule has 0 amide bonds. The molecule has 3 unspecified atom stereocenters. The lowest BCUT2D eigenvalue weighted by atomic mass is 9.71. The van der Waals surface area contributed by atoms with Gasteiger partial charge in [-0.15, -0.1) is 0 Å². The highest BCUT2D eigenvalue weighted by Gasteiger charge is 2.45. The Balaban J connectivity index is 5.06. The summed E-state index contributed by atoms with van der Waals surface area (Å²) in [6.07, 6.45) is -1.63. The minimum atomic E-state index is -0.856. The van der Waals surface area contributed by atoms with Crippen LogP contribution in [0.4, 0.5) is 0 Å². The average Bonchev–Trinajstić information content (AvgIpc) is 2.17. The zero-order chi connectivity index (χ0) is 13.8.